The topological polar surface area (TPSA) is 106 Å². The molecule has 5 heterocycles. The number of imidazole rings is 1. The zero-order valence-electron chi connectivity index (χ0n) is 20.9. The van der Waals surface area contributed by atoms with E-state index in [0.29, 0.717) is 6.54 Å². The van der Waals surface area contributed by atoms with Gasteiger partial charge in [-0.2, -0.15) is 5.10 Å². The Balaban J connectivity index is 1.85. The Morgan fingerprint density at radius 1 is 1.24 bits per heavy atom. The number of nitrogens with zero attached hydrogens (tertiary/aromatic N) is 5. The van der Waals surface area contributed by atoms with Gasteiger partial charge in [0.15, 0.2) is 0 Å². The summed E-state index contributed by atoms with van der Waals surface area (Å²) in [5.41, 5.74) is 4.73. The summed E-state index contributed by atoms with van der Waals surface area (Å²) in [5, 5.41) is 19.3. The third kappa shape index (κ3) is 3.58. The molecule has 0 spiro atoms. The van der Waals surface area contributed by atoms with Gasteiger partial charge in [-0.25, -0.2) is 9.78 Å². The number of aliphatic hydroxyl groups is 1. The number of fused-ring (bicyclic) bond motifs is 3. The second-order valence-electron chi connectivity index (χ2n) is 10.9. The number of nitrogens with one attached hydrogen (secondary N) is 2. The molecule has 5 rings (SSSR count). The van der Waals surface area contributed by atoms with E-state index in [1.165, 1.54) is 5.56 Å². The van der Waals surface area contributed by atoms with E-state index < -0.39 is 5.60 Å². The number of hydrogen-bond donors (Lipinski definition) is 3. The Kier molecular flexibility index (Phi) is 5.25. The molecule has 9 heteroatoms. The molecule has 1 aliphatic heterocycles. The molecule has 1 aliphatic rings. The van der Waals surface area contributed by atoms with E-state index in [-0.39, 0.29) is 17.1 Å². The van der Waals surface area contributed by atoms with E-state index in [0.717, 1.165) is 59.3 Å². The largest absolute Gasteiger partial charge is 0.389 e. The van der Waals surface area contributed by atoms with Gasteiger partial charge >= 0.3 is 5.69 Å². The minimum absolute atomic E-state index is 0.0170. The van der Waals surface area contributed by atoms with E-state index >= 15 is 0 Å². The molecule has 3 N–H and O–H groups in total. The van der Waals surface area contributed by atoms with Gasteiger partial charge in [-0.15, -0.1) is 0 Å². The highest BCUT2D eigenvalue weighted by molar-refractivity contribution is 6.07. The Bertz CT molecular complexity index is 1420. The first kappa shape index (κ1) is 22.9. The van der Waals surface area contributed by atoms with Crippen LogP contribution in [0.4, 0.5) is 0 Å². The molecule has 4 aromatic rings. The third-order valence-electron chi connectivity index (χ3n) is 7.17. The highest BCUT2D eigenvalue weighted by Crippen LogP contribution is 2.45. The van der Waals surface area contributed by atoms with Crippen molar-refractivity contribution in [2.75, 3.05) is 13.1 Å². The van der Waals surface area contributed by atoms with Crippen LogP contribution in [0.25, 0.3) is 33.3 Å². The molecule has 9 nitrogen and oxygen atoms in total. The molecule has 0 saturated carbocycles. The second kappa shape index (κ2) is 7.81. The normalized spacial score (nSPS) is 16.8. The van der Waals surface area contributed by atoms with Crippen molar-refractivity contribution < 1.29 is 5.11 Å². The smallest absolute Gasteiger partial charge is 0.329 e. The van der Waals surface area contributed by atoms with Crippen LogP contribution in [0.5, 0.6) is 0 Å². The molecular formula is C25H35N7O2. The Labute approximate surface area is 198 Å². The number of aryl methyl sites for hydroxylation is 1. The predicted octanol–water partition coefficient (Wildman–Crippen LogP) is 3.07. The third-order valence-corrected chi connectivity index (χ3v) is 7.17. The maximum absolute atomic E-state index is 13.2. The molecule has 0 amide bonds. The van der Waals surface area contributed by atoms with Crippen LogP contribution in [-0.2, 0) is 19.0 Å². The maximum Gasteiger partial charge on any atom is 0.329 e. The molecule has 0 aromatic carbocycles. The summed E-state index contributed by atoms with van der Waals surface area (Å²) >= 11 is 0. The highest BCUT2D eigenvalue weighted by atomic mass is 16.3. The minimum atomic E-state index is -0.862. The first-order valence-electron chi connectivity index (χ1n) is 12.1. The lowest BCUT2D eigenvalue weighted by atomic mass is 9.73. The number of hydrogen-bond acceptors (Lipinski definition) is 5. The van der Waals surface area contributed by atoms with Crippen LogP contribution in [0.2, 0.25) is 0 Å². The fraction of sp³-hybridized carbons (Fsp3) is 0.560. The number of aromatic nitrogens is 6. The first-order valence-corrected chi connectivity index (χ1v) is 12.1. The lowest BCUT2D eigenvalue weighted by molar-refractivity contribution is 0.0577. The van der Waals surface area contributed by atoms with Crippen LogP contribution in [0.1, 0.15) is 59.1 Å². The van der Waals surface area contributed by atoms with Crippen molar-refractivity contribution in [1.82, 2.24) is 34.2 Å². The van der Waals surface area contributed by atoms with E-state index in [1.54, 1.807) is 29.3 Å². The monoisotopic (exact) mass is 465 g/mol. The second-order valence-corrected chi connectivity index (χ2v) is 10.9. The maximum atomic E-state index is 13.2. The average Bonchev–Trinajstić information content (AvgIpc) is 3.42. The van der Waals surface area contributed by atoms with Crippen LogP contribution in [-0.4, -0.2) is 52.7 Å². The molecule has 182 valence electrons. The summed E-state index contributed by atoms with van der Waals surface area (Å²) in [4.78, 5) is 21.6. The van der Waals surface area contributed by atoms with Crippen molar-refractivity contribution >= 4 is 22.1 Å². The van der Waals surface area contributed by atoms with E-state index in [4.69, 9.17) is 4.98 Å². The molecular weight excluding hydrogens is 430 g/mol. The van der Waals surface area contributed by atoms with Crippen molar-refractivity contribution in [1.29, 1.82) is 0 Å². The minimum Gasteiger partial charge on any atom is -0.389 e. The van der Waals surface area contributed by atoms with Gasteiger partial charge in [0.2, 0.25) is 0 Å². The van der Waals surface area contributed by atoms with Gasteiger partial charge in [0, 0.05) is 30.2 Å². The number of H-pyrrole nitrogens is 1. The van der Waals surface area contributed by atoms with Gasteiger partial charge in [0.05, 0.1) is 41.3 Å². The summed E-state index contributed by atoms with van der Waals surface area (Å²) in [6.45, 7) is 12.3. The summed E-state index contributed by atoms with van der Waals surface area (Å²) in [6, 6.07) is 0.0170. The fourth-order valence-electron chi connectivity index (χ4n) is 5.48. The molecule has 0 unspecified atom stereocenters. The summed E-state index contributed by atoms with van der Waals surface area (Å²) in [6.07, 6.45) is 7.60. The van der Waals surface area contributed by atoms with Gasteiger partial charge in [-0.05, 0) is 64.6 Å². The Hall–Kier alpha value is -2.91. The van der Waals surface area contributed by atoms with E-state index in [1.807, 2.05) is 37.9 Å². The van der Waals surface area contributed by atoms with Crippen LogP contribution < -0.4 is 11.0 Å². The average molecular weight is 466 g/mol. The molecule has 4 aromatic heterocycles. The number of aromatic amines is 1. The SMILES string of the molecule is CC(C)n1c(=O)n(C)c2cnc3[nH]c(-c4cnn(CC(C)(C)O)c4)c(C4(C)CCNCC4)c3c21. The lowest BCUT2D eigenvalue weighted by Crippen LogP contribution is -2.38. The predicted molar refractivity (Wildman–Crippen MR) is 134 cm³/mol. The van der Waals surface area contributed by atoms with Crippen molar-refractivity contribution in [3.63, 3.8) is 0 Å². The zero-order valence-corrected chi connectivity index (χ0v) is 20.9. The fourth-order valence-corrected chi connectivity index (χ4v) is 5.48. The molecule has 0 aliphatic carbocycles. The first-order chi connectivity index (χ1) is 16.0. The van der Waals surface area contributed by atoms with Crippen molar-refractivity contribution in [3.8, 4) is 11.3 Å². The van der Waals surface area contributed by atoms with E-state index in [9.17, 15) is 9.90 Å². The van der Waals surface area contributed by atoms with Gasteiger partial charge in [0.25, 0.3) is 0 Å². The standard InChI is InChI=1S/C25H35N7O2/c1-15(2)32-21-17(30(6)23(32)33)12-27-22-18(21)19(25(5)7-9-26-10-8-25)20(29-22)16-11-28-31(13-16)14-24(3,4)34/h11-13,15,26,34H,7-10,14H2,1-6H3,(H,27,29). The molecule has 0 atom stereocenters. The van der Waals surface area contributed by atoms with Crippen molar-refractivity contribution in [2.45, 2.75) is 71.1 Å². The van der Waals surface area contributed by atoms with Gasteiger partial charge in [-0.1, -0.05) is 6.92 Å². The zero-order chi connectivity index (χ0) is 24.4. The lowest BCUT2D eigenvalue weighted by Gasteiger charge is -2.35. The molecule has 1 fully saturated rings. The number of piperidine rings is 1. The quantitative estimate of drug-likeness (QED) is 0.420. The molecule has 1 saturated heterocycles. The van der Waals surface area contributed by atoms with Gasteiger partial charge < -0.3 is 15.4 Å². The van der Waals surface area contributed by atoms with Crippen molar-refractivity contribution in [3.05, 3.63) is 34.6 Å². The van der Waals surface area contributed by atoms with Gasteiger partial charge in [-0.3, -0.25) is 13.8 Å². The Morgan fingerprint density at radius 3 is 2.59 bits per heavy atom. The van der Waals surface area contributed by atoms with Crippen LogP contribution in [0.15, 0.2) is 23.4 Å². The number of pyridine rings is 1. The Morgan fingerprint density at radius 2 is 1.94 bits per heavy atom. The molecule has 0 radical (unpaired) electrons. The molecule has 34 heavy (non-hydrogen) atoms. The van der Waals surface area contributed by atoms with Crippen LogP contribution in [0, 0.1) is 0 Å². The van der Waals surface area contributed by atoms with Crippen molar-refractivity contribution in [2.24, 2.45) is 7.05 Å². The van der Waals surface area contributed by atoms with E-state index in [2.05, 4.69) is 22.3 Å². The molecule has 0 bridgehead atoms. The summed E-state index contributed by atoms with van der Waals surface area (Å²) in [5.74, 6) is 0. The van der Waals surface area contributed by atoms with Crippen LogP contribution in [0.3, 0.4) is 0 Å². The summed E-state index contributed by atoms with van der Waals surface area (Å²) < 4.78 is 5.37. The number of rotatable bonds is 5. The summed E-state index contributed by atoms with van der Waals surface area (Å²) in [7, 11) is 1.82. The van der Waals surface area contributed by atoms with Gasteiger partial charge in [0.1, 0.15) is 5.65 Å². The highest BCUT2D eigenvalue weighted by Gasteiger charge is 2.36. The van der Waals surface area contributed by atoms with Crippen LogP contribution >= 0.6 is 0 Å².